The van der Waals surface area contributed by atoms with E-state index in [0.717, 1.165) is 11.3 Å². The van der Waals surface area contributed by atoms with E-state index in [1.165, 1.54) is 12.1 Å². The smallest absolute Gasteiger partial charge is 0.250 e. The zero-order valence-electron chi connectivity index (χ0n) is 12.4. The Morgan fingerprint density at radius 3 is 2.36 bits per heavy atom. The number of nitrogens with two attached hydrogens (primary N) is 1. The molecule has 1 rings (SSSR count). The quantitative estimate of drug-likeness (QED) is 0.629. The topological polar surface area (TPSA) is 101 Å². The van der Waals surface area contributed by atoms with Crippen LogP contribution in [0.3, 0.4) is 0 Å². The molecule has 6 nitrogen and oxygen atoms in total. The van der Waals surface area contributed by atoms with Crippen LogP contribution in [0, 0.1) is 0 Å². The molecule has 0 aromatic carbocycles. The summed E-state index contributed by atoms with van der Waals surface area (Å²) in [5, 5.41) is 2.80. The van der Waals surface area contributed by atoms with E-state index >= 15 is 0 Å². The van der Waals surface area contributed by atoms with Crippen LogP contribution < -0.4 is 15.8 Å². The van der Waals surface area contributed by atoms with Crippen molar-refractivity contribution in [3.8, 4) is 0 Å². The van der Waals surface area contributed by atoms with Gasteiger partial charge in [-0.1, -0.05) is 25.4 Å². The van der Waals surface area contributed by atoms with Gasteiger partial charge in [0.25, 0.3) is 10.0 Å². The first-order valence-corrected chi connectivity index (χ1v) is 9.22. The van der Waals surface area contributed by atoms with Gasteiger partial charge in [0.05, 0.1) is 16.4 Å². The Bertz CT molecular complexity index is 578. The molecule has 22 heavy (non-hydrogen) atoms. The maximum absolute atomic E-state index is 12.0. The van der Waals surface area contributed by atoms with Gasteiger partial charge in [-0.3, -0.25) is 4.79 Å². The van der Waals surface area contributed by atoms with E-state index in [2.05, 4.69) is 10.0 Å². The van der Waals surface area contributed by atoms with Crippen molar-refractivity contribution in [1.82, 2.24) is 10.0 Å². The summed E-state index contributed by atoms with van der Waals surface area (Å²) in [5.41, 5.74) is 5.20. The maximum Gasteiger partial charge on any atom is 0.250 e. The minimum Gasteiger partial charge on any atom is -0.348 e. The van der Waals surface area contributed by atoms with Crippen LogP contribution in [0.1, 0.15) is 26.7 Å². The first kappa shape index (κ1) is 21.6. The number of sulfonamides is 1. The minimum atomic E-state index is -3.72. The summed E-state index contributed by atoms with van der Waals surface area (Å²) in [5.74, 6) is -0.407. The van der Waals surface area contributed by atoms with Crippen molar-refractivity contribution in [2.75, 3.05) is 13.1 Å². The highest BCUT2D eigenvalue weighted by atomic mass is 35.5. The van der Waals surface area contributed by atoms with Crippen molar-refractivity contribution in [3.63, 3.8) is 0 Å². The minimum absolute atomic E-state index is 0. The Hall–Kier alpha value is -0.380. The number of hydrogen-bond donors (Lipinski definition) is 3. The van der Waals surface area contributed by atoms with Gasteiger partial charge in [0.15, 0.2) is 0 Å². The van der Waals surface area contributed by atoms with Crippen molar-refractivity contribution in [2.45, 2.75) is 36.4 Å². The normalized spacial score (nSPS) is 11.8. The summed E-state index contributed by atoms with van der Waals surface area (Å²) in [6.45, 7) is 3.82. The van der Waals surface area contributed by atoms with Crippen LogP contribution in [0.5, 0.6) is 0 Å². The van der Waals surface area contributed by atoms with Crippen LogP contribution in [-0.2, 0) is 14.8 Å². The molecular weight excluding hydrogens is 369 g/mol. The van der Waals surface area contributed by atoms with Crippen molar-refractivity contribution < 1.29 is 13.2 Å². The molecule has 0 saturated carbocycles. The molecule has 0 fully saturated rings. The molecule has 128 valence electrons. The Balaban J connectivity index is 0.00000441. The summed E-state index contributed by atoms with van der Waals surface area (Å²) in [6.07, 6.45) is 1.36. The number of hydrogen-bond acceptors (Lipinski definition) is 5. The van der Waals surface area contributed by atoms with Crippen molar-refractivity contribution in [3.05, 3.63) is 16.5 Å². The van der Waals surface area contributed by atoms with Crippen LogP contribution >= 0.6 is 35.3 Å². The van der Waals surface area contributed by atoms with Crippen molar-refractivity contribution in [2.24, 2.45) is 5.73 Å². The molecule has 1 heterocycles. The van der Waals surface area contributed by atoms with E-state index < -0.39 is 21.5 Å². The molecule has 0 saturated heterocycles. The van der Waals surface area contributed by atoms with Gasteiger partial charge in [0.1, 0.15) is 4.21 Å². The molecule has 1 amide bonds. The number of halogens is 2. The van der Waals surface area contributed by atoms with Crippen LogP contribution in [0.2, 0.25) is 4.34 Å². The van der Waals surface area contributed by atoms with Gasteiger partial charge in [-0.25, -0.2) is 13.1 Å². The highest BCUT2D eigenvalue weighted by Crippen LogP contribution is 2.25. The lowest BCUT2D eigenvalue weighted by Crippen LogP contribution is -2.55. The zero-order valence-corrected chi connectivity index (χ0v) is 15.6. The third-order valence-corrected chi connectivity index (χ3v) is 6.51. The van der Waals surface area contributed by atoms with Gasteiger partial charge in [0.2, 0.25) is 5.91 Å². The Morgan fingerprint density at radius 1 is 1.36 bits per heavy atom. The summed E-state index contributed by atoms with van der Waals surface area (Å²) < 4.78 is 26.6. The summed E-state index contributed by atoms with van der Waals surface area (Å²) in [7, 11) is -3.72. The van der Waals surface area contributed by atoms with Gasteiger partial charge >= 0.3 is 0 Å². The molecule has 0 aliphatic heterocycles. The second kappa shape index (κ2) is 9.05. The second-order valence-corrected chi connectivity index (χ2v) is 8.33. The average molecular weight is 390 g/mol. The molecule has 4 N–H and O–H groups in total. The SMILES string of the molecule is CCC(CC)(CN)NC(=O)CNS(=O)(=O)c1ccc(Cl)s1.Cl. The molecule has 0 aliphatic carbocycles. The van der Waals surface area contributed by atoms with Gasteiger partial charge in [-0.05, 0) is 25.0 Å². The van der Waals surface area contributed by atoms with E-state index in [1.54, 1.807) is 0 Å². The molecule has 0 aliphatic rings. The van der Waals surface area contributed by atoms with E-state index in [4.69, 9.17) is 17.3 Å². The molecule has 0 radical (unpaired) electrons. The number of thiophene rings is 1. The Kier molecular flexibility index (Phi) is 8.89. The van der Waals surface area contributed by atoms with E-state index in [1.807, 2.05) is 13.8 Å². The first-order valence-electron chi connectivity index (χ1n) is 6.54. The molecule has 0 bridgehead atoms. The molecular formula is C12H21Cl2N3O3S2. The third kappa shape index (κ3) is 5.68. The maximum atomic E-state index is 12.0. The predicted octanol–water partition coefficient (Wildman–Crippen LogP) is 1.74. The lowest BCUT2D eigenvalue weighted by Gasteiger charge is -2.31. The third-order valence-electron chi connectivity index (χ3n) is 3.39. The van der Waals surface area contributed by atoms with Gasteiger partial charge in [-0.15, -0.1) is 23.7 Å². The fourth-order valence-corrected chi connectivity index (χ4v) is 4.29. The number of carbonyl (C=O) groups is 1. The highest BCUT2D eigenvalue weighted by molar-refractivity contribution is 7.91. The lowest BCUT2D eigenvalue weighted by atomic mass is 9.93. The predicted molar refractivity (Wildman–Crippen MR) is 92.3 cm³/mol. The number of amides is 1. The average Bonchev–Trinajstić information content (AvgIpc) is 2.90. The molecule has 0 spiro atoms. The number of carbonyl (C=O) groups excluding carboxylic acids is 1. The van der Waals surface area contributed by atoms with Crippen LogP contribution in [0.25, 0.3) is 0 Å². The standard InChI is InChI=1S/C12H20ClN3O3S2.ClH/c1-3-12(4-2,8-14)16-10(17)7-15-21(18,19)11-6-5-9(13)20-11;/h5-6,15H,3-4,7-8,14H2,1-2H3,(H,16,17);1H. The molecule has 10 heteroatoms. The van der Waals surface area contributed by atoms with E-state index in [-0.39, 0.29) is 23.2 Å². The Labute approximate surface area is 146 Å². The molecule has 1 aromatic rings. The highest BCUT2D eigenvalue weighted by Gasteiger charge is 2.27. The molecule has 0 unspecified atom stereocenters. The molecule has 0 atom stereocenters. The second-order valence-electron chi connectivity index (χ2n) is 4.62. The summed E-state index contributed by atoms with van der Waals surface area (Å²) in [6, 6.07) is 2.89. The van der Waals surface area contributed by atoms with Gasteiger partial charge < -0.3 is 11.1 Å². The molecule has 1 aromatic heterocycles. The van der Waals surface area contributed by atoms with Crippen molar-refractivity contribution >= 4 is 51.3 Å². The van der Waals surface area contributed by atoms with E-state index in [9.17, 15) is 13.2 Å². The zero-order chi connectivity index (χ0) is 16.1. The fraction of sp³-hybridized carbons (Fsp3) is 0.583. The number of rotatable bonds is 8. The number of nitrogens with one attached hydrogen (secondary N) is 2. The summed E-state index contributed by atoms with van der Waals surface area (Å²) >= 11 is 6.64. The monoisotopic (exact) mass is 389 g/mol. The van der Waals surface area contributed by atoms with Crippen LogP contribution in [0.4, 0.5) is 0 Å². The largest absolute Gasteiger partial charge is 0.348 e. The van der Waals surface area contributed by atoms with Gasteiger partial charge in [-0.2, -0.15) is 0 Å². The summed E-state index contributed by atoms with van der Waals surface area (Å²) in [4.78, 5) is 11.9. The lowest BCUT2D eigenvalue weighted by molar-refractivity contribution is -0.121. The van der Waals surface area contributed by atoms with Crippen molar-refractivity contribution in [1.29, 1.82) is 0 Å². The van der Waals surface area contributed by atoms with Crippen LogP contribution in [-0.4, -0.2) is 33.0 Å². The van der Waals surface area contributed by atoms with Gasteiger partial charge in [0, 0.05) is 6.54 Å². The first-order chi connectivity index (χ1) is 9.78. The van der Waals surface area contributed by atoms with Crippen LogP contribution in [0.15, 0.2) is 16.3 Å². The van der Waals surface area contributed by atoms with E-state index in [0.29, 0.717) is 23.7 Å². The fourth-order valence-electron chi connectivity index (χ4n) is 1.78. The Morgan fingerprint density at radius 2 is 1.95 bits per heavy atom.